The number of aliphatic hydroxyl groups is 1. The predicted molar refractivity (Wildman–Crippen MR) is 86.5 cm³/mol. The number of aliphatic hydroxyl groups excluding tert-OH is 1. The fraction of sp³-hybridized carbons (Fsp3) is 0.167. The van der Waals surface area contributed by atoms with Crippen LogP contribution in [0.25, 0.3) is 5.69 Å². The van der Waals surface area contributed by atoms with Gasteiger partial charge < -0.3 is 15.4 Å². The Kier molecular flexibility index (Phi) is 3.27. The van der Waals surface area contributed by atoms with Crippen molar-refractivity contribution < 1.29 is 10.2 Å². The van der Waals surface area contributed by atoms with Gasteiger partial charge >= 0.3 is 0 Å². The molecule has 1 aliphatic rings. The number of aromatic nitrogens is 2. The molecule has 0 saturated carbocycles. The summed E-state index contributed by atoms with van der Waals surface area (Å²) in [6.45, 7) is 1.87. The van der Waals surface area contributed by atoms with Crippen LogP contribution in [-0.4, -0.2) is 14.7 Å². The van der Waals surface area contributed by atoms with E-state index in [0.717, 1.165) is 16.9 Å². The summed E-state index contributed by atoms with van der Waals surface area (Å²) in [6, 6.07) is 16.6. The number of fused-ring (bicyclic) bond motifs is 3. The lowest BCUT2D eigenvalue weighted by Crippen LogP contribution is -3.03. The Morgan fingerprint density at radius 1 is 1.13 bits per heavy atom. The number of rotatable bonds is 2. The van der Waals surface area contributed by atoms with E-state index < -0.39 is 6.10 Å². The fourth-order valence-corrected chi connectivity index (χ4v) is 3.25. The summed E-state index contributed by atoms with van der Waals surface area (Å²) in [4.78, 5) is 4.42. The molecule has 116 valence electrons. The van der Waals surface area contributed by atoms with Gasteiger partial charge in [0.1, 0.15) is 35.5 Å². The average molecular weight is 307 g/mol. The highest BCUT2D eigenvalue weighted by Gasteiger charge is 2.33. The van der Waals surface area contributed by atoms with Crippen LogP contribution in [0.15, 0.2) is 60.9 Å². The maximum atomic E-state index is 12.7. The standard InChI is InChI=1S/C18H17N3O2/c1-12-17-16(18(22)13-7-3-2-4-8-13)19-11-20(17)14-9-5-6-10-15(14)21(12)23/h2-12,18,21-22H,1H3. The van der Waals surface area contributed by atoms with Crippen molar-refractivity contribution >= 4 is 5.69 Å². The summed E-state index contributed by atoms with van der Waals surface area (Å²) in [6.07, 6.45) is 0.853. The van der Waals surface area contributed by atoms with Gasteiger partial charge in [0, 0.05) is 6.07 Å². The van der Waals surface area contributed by atoms with Gasteiger partial charge in [0.15, 0.2) is 5.69 Å². The first-order valence-corrected chi connectivity index (χ1v) is 7.62. The van der Waals surface area contributed by atoms with Crippen molar-refractivity contribution in [2.45, 2.75) is 19.1 Å². The third-order valence-corrected chi connectivity index (χ3v) is 4.44. The number of hydrogen-bond donors (Lipinski definition) is 2. The van der Waals surface area contributed by atoms with E-state index in [1.807, 2.05) is 66.1 Å². The Morgan fingerprint density at radius 2 is 1.83 bits per heavy atom. The molecule has 0 spiro atoms. The van der Waals surface area contributed by atoms with Crippen molar-refractivity contribution in [2.75, 3.05) is 0 Å². The van der Waals surface area contributed by atoms with Gasteiger partial charge in [-0.2, -0.15) is 0 Å². The van der Waals surface area contributed by atoms with Crippen LogP contribution >= 0.6 is 0 Å². The first-order chi connectivity index (χ1) is 11.2. The minimum absolute atomic E-state index is 0.0649. The summed E-state index contributed by atoms with van der Waals surface area (Å²) in [7, 11) is 0. The van der Waals surface area contributed by atoms with Crippen molar-refractivity contribution in [1.29, 1.82) is 0 Å². The van der Waals surface area contributed by atoms with Gasteiger partial charge in [-0.05, 0) is 18.6 Å². The molecule has 3 atom stereocenters. The van der Waals surface area contributed by atoms with Crippen molar-refractivity contribution in [3.05, 3.63) is 83.1 Å². The SMILES string of the molecule is CC1c2c(C(O)c3ccccc3)ncn2-c2ccccc2[NH+]1[O-]. The Morgan fingerprint density at radius 3 is 2.61 bits per heavy atom. The van der Waals surface area contributed by atoms with Crippen molar-refractivity contribution in [2.24, 2.45) is 0 Å². The molecule has 2 aromatic carbocycles. The number of quaternary nitrogens is 1. The lowest BCUT2D eigenvalue weighted by Gasteiger charge is -2.35. The molecule has 2 N–H and O–H groups in total. The van der Waals surface area contributed by atoms with Crippen LogP contribution in [0.3, 0.4) is 0 Å². The monoisotopic (exact) mass is 307 g/mol. The molecule has 1 aliphatic heterocycles. The van der Waals surface area contributed by atoms with E-state index in [2.05, 4.69) is 4.98 Å². The lowest BCUT2D eigenvalue weighted by atomic mass is 10.0. The van der Waals surface area contributed by atoms with Crippen LogP contribution in [0.5, 0.6) is 0 Å². The van der Waals surface area contributed by atoms with Crippen molar-refractivity contribution in [3.63, 3.8) is 0 Å². The van der Waals surface area contributed by atoms with E-state index in [4.69, 9.17) is 0 Å². The zero-order valence-corrected chi connectivity index (χ0v) is 12.7. The predicted octanol–water partition coefficient (Wildman–Crippen LogP) is 2.04. The third kappa shape index (κ3) is 2.09. The minimum Gasteiger partial charge on any atom is -0.628 e. The second-order valence-electron chi connectivity index (χ2n) is 5.80. The van der Waals surface area contributed by atoms with E-state index in [1.165, 1.54) is 0 Å². The topological polar surface area (TPSA) is 65.5 Å². The molecule has 0 saturated heterocycles. The van der Waals surface area contributed by atoms with Gasteiger partial charge in [-0.3, -0.25) is 4.57 Å². The van der Waals surface area contributed by atoms with Crippen molar-refractivity contribution in [3.8, 4) is 5.69 Å². The fourth-order valence-electron chi connectivity index (χ4n) is 3.25. The molecule has 5 nitrogen and oxygen atoms in total. The molecule has 0 bridgehead atoms. The Labute approximate surface area is 134 Å². The summed E-state index contributed by atoms with van der Waals surface area (Å²) < 4.78 is 1.92. The summed E-state index contributed by atoms with van der Waals surface area (Å²) in [5.74, 6) is 0. The molecule has 0 amide bonds. The number of nitrogens with zero attached hydrogens (tertiary/aromatic N) is 2. The van der Waals surface area contributed by atoms with Crippen LogP contribution < -0.4 is 5.06 Å². The zero-order chi connectivity index (χ0) is 16.0. The molecule has 23 heavy (non-hydrogen) atoms. The number of benzene rings is 2. The normalized spacial score (nSPS) is 20.7. The molecule has 3 aromatic rings. The molecule has 0 fully saturated rings. The van der Waals surface area contributed by atoms with E-state index in [9.17, 15) is 10.3 Å². The van der Waals surface area contributed by atoms with Gasteiger partial charge in [-0.15, -0.1) is 0 Å². The van der Waals surface area contributed by atoms with Gasteiger partial charge in [0.2, 0.25) is 0 Å². The molecule has 4 rings (SSSR count). The molecule has 2 heterocycles. The van der Waals surface area contributed by atoms with Crippen molar-refractivity contribution in [1.82, 2.24) is 9.55 Å². The van der Waals surface area contributed by atoms with Crippen LogP contribution in [0.2, 0.25) is 0 Å². The second kappa shape index (κ2) is 5.31. The number of nitrogens with one attached hydrogen (secondary N) is 1. The summed E-state index contributed by atoms with van der Waals surface area (Å²) in [5, 5.41) is 23.4. The average Bonchev–Trinajstić information content (AvgIpc) is 3.05. The highest BCUT2D eigenvalue weighted by molar-refractivity contribution is 5.55. The zero-order valence-electron chi connectivity index (χ0n) is 12.7. The minimum atomic E-state index is -0.840. The first-order valence-electron chi connectivity index (χ1n) is 7.62. The molecule has 1 aromatic heterocycles. The van der Waals surface area contributed by atoms with Gasteiger partial charge in [-0.1, -0.05) is 42.5 Å². The first kappa shape index (κ1) is 14.1. The van der Waals surface area contributed by atoms with E-state index >= 15 is 0 Å². The van der Waals surface area contributed by atoms with Gasteiger partial charge in [-0.25, -0.2) is 4.98 Å². The molecule has 5 heteroatoms. The smallest absolute Gasteiger partial charge is 0.156 e. The second-order valence-corrected chi connectivity index (χ2v) is 5.80. The highest BCUT2D eigenvalue weighted by Crippen LogP contribution is 2.33. The molecule has 3 unspecified atom stereocenters. The third-order valence-electron chi connectivity index (χ3n) is 4.44. The van der Waals surface area contributed by atoms with Crippen LogP contribution in [0.1, 0.15) is 36.0 Å². The van der Waals surface area contributed by atoms with Gasteiger partial charge in [0.05, 0.1) is 0 Å². The number of para-hydroxylation sites is 2. The number of hydrogen-bond acceptors (Lipinski definition) is 3. The van der Waals surface area contributed by atoms with Crippen LogP contribution in [0, 0.1) is 5.21 Å². The summed E-state index contributed by atoms with van der Waals surface area (Å²) in [5.41, 5.74) is 3.61. The molecular weight excluding hydrogens is 290 g/mol. The number of imidazole rings is 1. The van der Waals surface area contributed by atoms with E-state index in [-0.39, 0.29) is 11.1 Å². The summed E-state index contributed by atoms with van der Waals surface area (Å²) >= 11 is 0. The Hall–Kier alpha value is -2.47. The van der Waals surface area contributed by atoms with Crippen LogP contribution in [-0.2, 0) is 0 Å². The Bertz CT molecular complexity index is 844. The lowest BCUT2D eigenvalue weighted by molar-refractivity contribution is -0.813. The number of hydroxylamine groups is 1. The van der Waals surface area contributed by atoms with E-state index in [1.54, 1.807) is 6.33 Å². The van der Waals surface area contributed by atoms with Crippen LogP contribution in [0.4, 0.5) is 5.69 Å². The van der Waals surface area contributed by atoms with E-state index in [0.29, 0.717) is 11.4 Å². The molecular formula is C18H17N3O2. The molecule has 0 aliphatic carbocycles. The maximum absolute atomic E-state index is 12.7. The van der Waals surface area contributed by atoms with Gasteiger partial charge in [0.25, 0.3) is 0 Å². The maximum Gasteiger partial charge on any atom is 0.156 e. The molecule has 0 radical (unpaired) electrons. The highest BCUT2D eigenvalue weighted by atomic mass is 16.5. The Balaban J connectivity index is 1.87. The quantitative estimate of drug-likeness (QED) is 0.712. The largest absolute Gasteiger partial charge is 0.628 e.